The Morgan fingerprint density at radius 2 is 1.87 bits per heavy atom. The maximum absolute atomic E-state index is 11.3. The summed E-state index contributed by atoms with van der Waals surface area (Å²) >= 11 is 0. The normalized spacial score (nSPS) is 11.9. The maximum atomic E-state index is 11.3. The van der Waals surface area contributed by atoms with Crippen LogP contribution in [0.2, 0.25) is 0 Å². The van der Waals surface area contributed by atoms with E-state index in [-0.39, 0.29) is 0 Å². The number of carbonyl (C=O) groups is 1. The third-order valence-corrected chi connectivity index (χ3v) is 3.68. The van der Waals surface area contributed by atoms with Crippen molar-refractivity contribution in [2.24, 2.45) is 0 Å². The van der Waals surface area contributed by atoms with E-state index >= 15 is 0 Å². The van der Waals surface area contributed by atoms with E-state index in [0.29, 0.717) is 6.26 Å². The molecule has 0 spiro atoms. The molecule has 1 amide bonds. The lowest BCUT2D eigenvalue weighted by Gasteiger charge is -2.12. The van der Waals surface area contributed by atoms with Crippen LogP contribution in [0.25, 0.3) is 0 Å². The van der Waals surface area contributed by atoms with Gasteiger partial charge in [-0.2, -0.15) is 8.42 Å². The fraction of sp³-hybridized carbons (Fsp3) is 0.400. The molecule has 0 saturated heterocycles. The van der Waals surface area contributed by atoms with Gasteiger partial charge in [0, 0.05) is 14.2 Å². The van der Waals surface area contributed by atoms with E-state index in [2.05, 4.69) is 19.8 Å². The Morgan fingerprint density at radius 3 is 2.20 bits per heavy atom. The molecular weight excluding hydrogens is 249 g/mol. The maximum Gasteiger partial charge on any atom is 0.418 e. The van der Waals surface area contributed by atoms with Gasteiger partial charge in [0.1, 0.15) is 6.26 Å². The van der Waals surface area contributed by atoms with Crippen LogP contribution < -0.4 is 4.72 Å². The van der Waals surface area contributed by atoms with Crippen molar-refractivity contribution >= 4 is 23.5 Å². The summed E-state index contributed by atoms with van der Waals surface area (Å²) in [4.78, 5) is 11.1. The zero-order valence-corrected chi connectivity index (χ0v) is 9.71. The minimum absolute atomic E-state index is 0.583. The molecule has 0 rings (SSSR count). The standard InChI is InChI=1S/C5H10NO7PS/c1-4-13-15(9,10)6-5(7)14(8,11-2)12-3/h4H,1H2,2-3H3,(H,6,7). The molecule has 0 bridgehead atoms. The lowest BCUT2D eigenvalue weighted by Crippen LogP contribution is -2.30. The second kappa shape index (κ2) is 5.26. The van der Waals surface area contributed by atoms with E-state index in [4.69, 9.17) is 0 Å². The minimum atomic E-state index is -4.38. The Labute approximate surface area is 87.0 Å². The predicted octanol–water partition coefficient (Wildman–Crippen LogP) is 0.587. The summed E-state index contributed by atoms with van der Waals surface area (Å²) in [6, 6.07) is 0. The van der Waals surface area contributed by atoms with Gasteiger partial charge in [-0.1, -0.05) is 6.58 Å². The van der Waals surface area contributed by atoms with Crippen molar-refractivity contribution < 1.29 is 31.0 Å². The van der Waals surface area contributed by atoms with Crippen molar-refractivity contribution in [2.45, 2.75) is 0 Å². The summed E-state index contributed by atoms with van der Waals surface area (Å²) in [5.41, 5.74) is -1.45. The van der Waals surface area contributed by atoms with E-state index in [1.807, 2.05) is 0 Å². The highest BCUT2D eigenvalue weighted by Crippen LogP contribution is 2.46. The number of nitrogens with one attached hydrogen (secondary N) is 1. The quantitative estimate of drug-likeness (QED) is 0.549. The number of hydrogen-bond acceptors (Lipinski definition) is 7. The minimum Gasteiger partial charge on any atom is -0.375 e. The number of amides is 1. The van der Waals surface area contributed by atoms with Crippen molar-refractivity contribution in [1.82, 2.24) is 4.72 Å². The van der Waals surface area contributed by atoms with Gasteiger partial charge < -0.3 is 13.2 Å². The smallest absolute Gasteiger partial charge is 0.375 e. The first-order chi connectivity index (χ1) is 6.81. The lowest BCUT2D eigenvalue weighted by molar-refractivity contribution is 0.237. The average Bonchev–Trinajstić information content (AvgIpc) is 2.15. The molecule has 0 aliphatic heterocycles. The molecule has 8 nitrogen and oxygen atoms in total. The second-order valence-electron chi connectivity index (χ2n) is 1.99. The Balaban J connectivity index is 4.78. The summed E-state index contributed by atoms with van der Waals surface area (Å²) in [7, 11) is -6.65. The van der Waals surface area contributed by atoms with Crippen molar-refractivity contribution in [2.75, 3.05) is 14.2 Å². The third kappa shape index (κ3) is 4.00. The Kier molecular flexibility index (Phi) is 4.95. The molecule has 0 radical (unpaired) electrons. The second-order valence-corrected chi connectivity index (χ2v) is 5.42. The molecule has 0 heterocycles. The topological polar surface area (TPSA) is 108 Å². The predicted molar refractivity (Wildman–Crippen MR) is 50.4 cm³/mol. The number of carbonyl (C=O) groups excluding carboxylic acids is 1. The zero-order chi connectivity index (χ0) is 12.1. The fourth-order valence-electron chi connectivity index (χ4n) is 0.517. The van der Waals surface area contributed by atoms with E-state index in [9.17, 15) is 17.8 Å². The summed E-state index contributed by atoms with van der Waals surface area (Å²) in [5, 5.41) is 0. The molecule has 0 aromatic carbocycles. The molecule has 0 saturated carbocycles. The van der Waals surface area contributed by atoms with Gasteiger partial charge in [-0.3, -0.25) is 4.79 Å². The summed E-state index contributed by atoms with van der Waals surface area (Å²) in [6.45, 7) is 2.97. The largest absolute Gasteiger partial charge is 0.418 e. The average molecular weight is 259 g/mol. The first-order valence-electron chi connectivity index (χ1n) is 3.39. The molecule has 0 atom stereocenters. The number of rotatable bonds is 6. The van der Waals surface area contributed by atoms with Crippen molar-refractivity contribution in [3.05, 3.63) is 12.8 Å². The van der Waals surface area contributed by atoms with Crippen LogP contribution in [0.5, 0.6) is 0 Å². The molecular formula is C5H10NO7PS. The molecule has 0 fully saturated rings. The summed E-state index contributed by atoms with van der Waals surface area (Å²) < 4.78 is 46.8. The van der Waals surface area contributed by atoms with Gasteiger partial charge >= 0.3 is 23.5 Å². The molecule has 0 aliphatic carbocycles. The van der Waals surface area contributed by atoms with Gasteiger partial charge in [-0.25, -0.2) is 9.29 Å². The molecule has 0 aliphatic rings. The Hall–Kier alpha value is -0.890. The molecule has 88 valence electrons. The van der Waals surface area contributed by atoms with Crippen LogP contribution in [0.15, 0.2) is 12.8 Å². The van der Waals surface area contributed by atoms with E-state index in [0.717, 1.165) is 14.2 Å². The molecule has 0 aromatic heterocycles. The van der Waals surface area contributed by atoms with Crippen LogP contribution in [0, 0.1) is 0 Å². The van der Waals surface area contributed by atoms with E-state index < -0.39 is 23.5 Å². The first kappa shape index (κ1) is 14.1. The van der Waals surface area contributed by atoms with Crippen LogP contribution in [0.3, 0.4) is 0 Å². The van der Waals surface area contributed by atoms with Crippen LogP contribution in [0.4, 0.5) is 4.79 Å². The van der Waals surface area contributed by atoms with Gasteiger partial charge in [0.15, 0.2) is 0 Å². The van der Waals surface area contributed by atoms with Gasteiger partial charge in [-0.15, -0.1) is 0 Å². The highest BCUT2D eigenvalue weighted by atomic mass is 32.2. The molecule has 1 N–H and O–H groups in total. The van der Waals surface area contributed by atoms with E-state index in [1.54, 1.807) is 0 Å². The van der Waals surface area contributed by atoms with Crippen molar-refractivity contribution in [3.63, 3.8) is 0 Å². The zero-order valence-electron chi connectivity index (χ0n) is 8.00. The van der Waals surface area contributed by atoms with Gasteiger partial charge in [-0.05, 0) is 0 Å². The van der Waals surface area contributed by atoms with Crippen LogP contribution in [-0.4, -0.2) is 28.3 Å². The van der Waals surface area contributed by atoms with E-state index in [1.165, 1.54) is 4.72 Å². The number of hydrogen-bond donors (Lipinski definition) is 1. The van der Waals surface area contributed by atoms with Crippen LogP contribution in [-0.2, 0) is 28.1 Å². The summed E-state index contributed by atoms with van der Waals surface area (Å²) in [5.74, 6) is 0. The lowest BCUT2D eigenvalue weighted by atomic mass is 11.2. The highest BCUT2D eigenvalue weighted by molar-refractivity contribution is 7.87. The SMILES string of the molecule is C=COS(=O)(=O)NC(=O)P(=O)(OC)OC. The first-order valence-corrected chi connectivity index (χ1v) is 6.34. The summed E-state index contributed by atoms with van der Waals surface area (Å²) in [6.07, 6.45) is 0.583. The van der Waals surface area contributed by atoms with Crippen molar-refractivity contribution in [3.8, 4) is 0 Å². The Bertz CT molecular complexity index is 380. The van der Waals surface area contributed by atoms with Crippen LogP contribution in [0.1, 0.15) is 0 Å². The molecule has 10 heteroatoms. The highest BCUT2D eigenvalue weighted by Gasteiger charge is 2.35. The fourth-order valence-corrected chi connectivity index (χ4v) is 2.22. The monoisotopic (exact) mass is 259 g/mol. The van der Waals surface area contributed by atoms with Crippen LogP contribution >= 0.6 is 7.60 Å². The third-order valence-electron chi connectivity index (χ3n) is 1.14. The van der Waals surface area contributed by atoms with Gasteiger partial charge in [0.05, 0.1) is 0 Å². The van der Waals surface area contributed by atoms with Gasteiger partial charge in [0.2, 0.25) is 0 Å². The van der Waals surface area contributed by atoms with Crippen molar-refractivity contribution in [1.29, 1.82) is 0 Å². The van der Waals surface area contributed by atoms with Gasteiger partial charge in [0.25, 0.3) is 0 Å². The molecule has 15 heavy (non-hydrogen) atoms. The Morgan fingerprint density at radius 1 is 1.40 bits per heavy atom. The molecule has 0 unspecified atom stereocenters. The molecule has 0 aromatic rings.